The van der Waals surface area contributed by atoms with Crippen molar-refractivity contribution >= 4 is 15.9 Å². The van der Waals surface area contributed by atoms with Crippen molar-refractivity contribution in [2.24, 2.45) is 0 Å². The second kappa shape index (κ2) is 6.10. The summed E-state index contributed by atoms with van der Waals surface area (Å²) >= 11 is 3.29. The van der Waals surface area contributed by atoms with Crippen LogP contribution < -0.4 is 0 Å². The van der Waals surface area contributed by atoms with Crippen LogP contribution >= 0.6 is 15.9 Å². The van der Waals surface area contributed by atoms with Gasteiger partial charge in [0.05, 0.1) is 25.9 Å². The first-order chi connectivity index (χ1) is 9.65. The van der Waals surface area contributed by atoms with Gasteiger partial charge in [0.25, 0.3) is 0 Å². The summed E-state index contributed by atoms with van der Waals surface area (Å²) < 4.78 is 31.3. The van der Waals surface area contributed by atoms with Crippen molar-refractivity contribution in [2.45, 2.75) is 44.2 Å². The van der Waals surface area contributed by atoms with E-state index in [2.05, 4.69) is 15.9 Å². The average molecular weight is 345 g/mol. The highest BCUT2D eigenvalue weighted by atomic mass is 79.9. The van der Waals surface area contributed by atoms with E-state index in [4.69, 9.17) is 14.2 Å². The monoisotopic (exact) mass is 344 g/mol. The van der Waals surface area contributed by atoms with Gasteiger partial charge in [0, 0.05) is 17.3 Å². The molecule has 2 aliphatic rings. The molecular weight excluding hydrogens is 327 g/mol. The van der Waals surface area contributed by atoms with Crippen molar-refractivity contribution < 1.29 is 18.6 Å². The second-order valence-electron chi connectivity index (χ2n) is 5.40. The Balaban J connectivity index is 1.50. The molecule has 2 fully saturated rings. The van der Waals surface area contributed by atoms with E-state index in [1.807, 2.05) is 6.07 Å². The van der Waals surface area contributed by atoms with E-state index in [1.54, 1.807) is 0 Å². The molecule has 3 rings (SSSR count). The van der Waals surface area contributed by atoms with E-state index in [9.17, 15) is 4.39 Å². The van der Waals surface area contributed by atoms with Gasteiger partial charge in [0.1, 0.15) is 5.82 Å². The molecule has 0 unspecified atom stereocenters. The van der Waals surface area contributed by atoms with Gasteiger partial charge in [0.2, 0.25) is 0 Å². The summed E-state index contributed by atoms with van der Waals surface area (Å²) in [6, 6.07) is 4.84. The molecular formula is C15H18BrFO3. The maximum Gasteiger partial charge on any atom is 0.168 e. The fourth-order valence-corrected chi connectivity index (χ4v) is 3.40. The molecule has 1 spiro atoms. The molecule has 1 saturated carbocycles. The van der Waals surface area contributed by atoms with Crippen LogP contribution in [0.3, 0.4) is 0 Å². The lowest BCUT2D eigenvalue weighted by atomic mass is 9.92. The number of rotatable bonds is 3. The summed E-state index contributed by atoms with van der Waals surface area (Å²) in [5.41, 5.74) is 0.852. The molecule has 5 heteroatoms. The lowest BCUT2D eigenvalue weighted by Crippen LogP contribution is -2.37. The Labute approximate surface area is 126 Å². The van der Waals surface area contributed by atoms with Crippen molar-refractivity contribution in [1.29, 1.82) is 0 Å². The van der Waals surface area contributed by atoms with E-state index in [1.165, 1.54) is 12.1 Å². The molecule has 1 aromatic carbocycles. The zero-order chi connectivity index (χ0) is 14.0. The first-order valence-electron chi connectivity index (χ1n) is 7.00. The number of benzene rings is 1. The Kier molecular flexibility index (Phi) is 4.40. The zero-order valence-corrected chi connectivity index (χ0v) is 12.8. The molecule has 20 heavy (non-hydrogen) atoms. The third-order valence-corrected chi connectivity index (χ3v) is 4.37. The number of hydrogen-bond donors (Lipinski definition) is 0. The van der Waals surface area contributed by atoms with Crippen LogP contribution in [0.1, 0.15) is 31.2 Å². The van der Waals surface area contributed by atoms with Crippen molar-refractivity contribution in [3.63, 3.8) is 0 Å². The SMILES string of the molecule is Fc1cc(Br)cc(COC2CCC3(CC2)OCCO3)c1. The minimum absolute atomic E-state index is 0.204. The second-order valence-corrected chi connectivity index (χ2v) is 6.31. The molecule has 0 aromatic heterocycles. The molecule has 1 heterocycles. The van der Waals surface area contributed by atoms with Gasteiger partial charge in [-0.15, -0.1) is 0 Å². The van der Waals surface area contributed by atoms with Gasteiger partial charge >= 0.3 is 0 Å². The normalized spacial score (nSPS) is 22.5. The van der Waals surface area contributed by atoms with E-state index in [0.717, 1.165) is 35.7 Å². The Hall–Kier alpha value is -0.490. The smallest absolute Gasteiger partial charge is 0.168 e. The highest BCUT2D eigenvalue weighted by Crippen LogP contribution is 2.36. The molecule has 0 atom stereocenters. The predicted molar refractivity (Wildman–Crippen MR) is 75.8 cm³/mol. The molecule has 3 nitrogen and oxygen atoms in total. The minimum atomic E-state index is -0.345. The first-order valence-corrected chi connectivity index (χ1v) is 7.79. The van der Waals surface area contributed by atoms with Gasteiger partial charge in [-0.2, -0.15) is 0 Å². The maximum atomic E-state index is 13.3. The largest absolute Gasteiger partial charge is 0.374 e. The quantitative estimate of drug-likeness (QED) is 0.834. The zero-order valence-electron chi connectivity index (χ0n) is 11.2. The van der Waals surface area contributed by atoms with Crippen LogP contribution in [0.5, 0.6) is 0 Å². The van der Waals surface area contributed by atoms with Crippen LogP contribution in [-0.4, -0.2) is 25.1 Å². The van der Waals surface area contributed by atoms with Crippen LogP contribution in [-0.2, 0) is 20.8 Å². The fraction of sp³-hybridized carbons (Fsp3) is 0.600. The summed E-state index contributed by atoms with van der Waals surface area (Å²) in [6.07, 6.45) is 3.82. The van der Waals surface area contributed by atoms with Crippen LogP contribution in [0.2, 0.25) is 0 Å². The molecule has 1 aliphatic carbocycles. The highest BCUT2D eigenvalue weighted by molar-refractivity contribution is 9.10. The van der Waals surface area contributed by atoms with Crippen LogP contribution in [0.15, 0.2) is 22.7 Å². The molecule has 1 aliphatic heterocycles. The third kappa shape index (κ3) is 3.39. The van der Waals surface area contributed by atoms with Gasteiger partial charge in [-0.1, -0.05) is 15.9 Å². The van der Waals surface area contributed by atoms with E-state index in [-0.39, 0.29) is 17.7 Å². The summed E-state index contributed by atoms with van der Waals surface area (Å²) in [7, 11) is 0. The third-order valence-electron chi connectivity index (χ3n) is 3.92. The Morgan fingerprint density at radius 2 is 1.90 bits per heavy atom. The van der Waals surface area contributed by atoms with Crippen LogP contribution in [0.4, 0.5) is 4.39 Å². The Morgan fingerprint density at radius 3 is 2.55 bits per heavy atom. The number of hydrogen-bond acceptors (Lipinski definition) is 3. The standard InChI is InChI=1S/C15H18BrFO3/c16-12-7-11(8-13(17)9-12)10-18-14-1-3-15(4-2-14)19-5-6-20-15/h7-9,14H,1-6,10H2. The van der Waals surface area contributed by atoms with Crippen molar-refractivity contribution in [3.8, 4) is 0 Å². The molecule has 1 saturated heterocycles. The van der Waals surface area contributed by atoms with Gasteiger partial charge in [0.15, 0.2) is 5.79 Å². The van der Waals surface area contributed by atoms with Crippen molar-refractivity contribution in [3.05, 3.63) is 34.1 Å². The predicted octanol–water partition coefficient (Wildman–Crippen LogP) is 3.79. The van der Waals surface area contributed by atoms with E-state index >= 15 is 0 Å². The highest BCUT2D eigenvalue weighted by Gasteiger charge is 2.40. The maximum absolute atomic E-state index is 13.3. The molecule has 1 aromatic rings. The first kappa shape index (κ1) is 14.4. The molecule has 0 bridgehead atoms. The van der Waals surface area contributed by atoms with E-state index in [0.29, 0.717) is 19.8 Å². The summed E-state index contributed by atoms with van der Waals surface area (Å²) in [4.78, 5) is 0. The topological polar surface area (TPSA) is 27.7 Å². The average Bonchev–Trinajstić information content (AvgIpc) is 2.86. The number of halogens is 2. The lowest BCUT2D eigenvalue weighted by molar-refractivity contribution is -0.192. The van der Waals surface area contributed by atoms with E-state index < -0.39 is 0 Å². The Morgan fingerprint density at radius 1 is 1.20 bits per heavy atom. The molecule has 0 amide bonds. The van der Waals surface area contributed by atoms with Crippen LogP contribution in [0.25, 0.3) is 0 Å². The molecule has 110 valence electrons. The summed E-state index contributed by atoms with van der Waals surface area (Å²) in [5, 5.41) is 0. The van der Waals surface area contributed by atoms with Crippen molar-refractivity contribution in [1.82, 2.24) is 0 Å². The molecule has 0 radical (unpaired) electrons. The van der Waals surface area contributed by atoms with Crippen molar-refractivity contribution in [2.75, 3.05) is 13.2 Å². The van der Waals surface area contributed by atoms with Gasteiger partial charge in [-0.25, -0.2) is 4.39 Å². The fourth-order valence-electron chi connectivity index (χ4n) is 2.89. The lowest BCUT2D eigenvalue weighted by Gasteiger charge is -2.35. The van der Waals surface area contributed by atoms with Gasteiger partial charge in [-0.3, -0.25) is 0 Å². The van der Waals surface area contributed by atoms with Crippen LogP contribution in [0, 0.1) is 5.82 Å². The Bertz CT molecular complexity index is 444. The minimum Gasteiger partial charge on any atom is -0.374 e. The summed E-state index contributed by atoms with van der Waals surface area (Å²) in [5.74, 6) is -0.588. The van der Waals surface area contributed by atoms with Gasteiger partial charge in [-0.05, 0) is 36.6 Å². The summed E-state index contributed by atoms with van der Waals surface area (Å²) in [6.45, 7) is 1.83. The number of ether oxygens (including phenoxy) is 3. The van der Waals surface area contributed by atoms with Gasteiger partial charge < -0.3 is 14.2 Å². The molecule has 0 N–H and O–H groups in total.